The fourth-order valence-corrected chi connectivity index (χ4v) is 5.50. The van der Waals surface area contributed by atoms with E-state index in [-0.39, 0.29) is 37.2 Å². The van der Waals surface area contributed by atoms with Crippen LogP contribution in [0, 0.1) is 0 Å². The van der Waals surface area contributed by atoms with E-state index in [2.05, 4.69) is 56.3 Å². The van der Waals surface area contributed by atoms with Crippen molar-refractivity contribution in [2.75, 3.05) is 31.1 Å². The first-order valence-corrected chi connectivity index (χ1v) is 13.9. The third-order valence-electron chi connectivity index (χ3n) is 7.94. The van der Waals surface area contributed by atoms with Gasteiger partial charge in [0.2, 0.25) is 5.91 Å². The van der Waals surface area contributed by atoms with Crippen molar-refractivity contribution in [3.05, 3.63) is 83.3 Å². The van der Waals surface area contributed by atoms with Gasteiger partial charge in [-0.05, 0) is 42.7 Å². The van der Waals surface area contributed by atoms with Crippen molar-refractivity contribution in [3.63, 3.8) is 0 Å². The van der Waals surface area contributed by atoms with Gasteiger partial charge < -0.3 is 9.64 Å². The maximum absolute atomic E-state index is 12.9. The Kier molecular flexibility index (Phi) is 7.62. The van der Waals surface area contributed by atoms with E-state index >= 15 is 0 Å². The lowest BCUT2D eigenvalue weighted by molar-refractivity contribution is -0.183. The number of rotatable bonds is 8. The first kappa shape index (κ1) is 26.9. The van der Waals surface area contributed by atoms with Crippen LogP contribution in [0.15, 0.2) is 61.1 Å². The summed E-state index contributed by atoms with van der Waals surface area (Å²) in [5.74, 6) is 0.389. The van der Waals surface area contributed by atoms with E-state index < -0.39 is 12.0 Å². The molecule has 0 bridgehead atoms. The third kappa shape index (κ3) is 5.77. The molecule has 1 unspecified atom stereocenters. The summed E-state index contributed by atoms with van der Waals surface area (Å²) < 4.78 is 6.14. The monoisotopic (exact) mass is 556 g/mol. The van der Waals surface area contributed by atoms with E-state index in [4.69, 9.17) is 9.57 Å². The SMILES string of the molecule is C[C@H](c1ccc(COc2cccc3c2CN(OC2CCC(=O)NC2=O)C3=O)cc1)N1CCN(c2ccncn2)CC1. The Morgan fingerprint density at radius 1 is 1.02 bits per heavy atom. The summed E-state index contributed by atoms with van der Waals surface area (Å²) in [6.07, 6.45) is 2.91. The summed E-state index contributed by atoms with van der Waals surface area (Å²) in [4.78, 5) is 55.3. The second kappa shape index (κ2) is 11.6. The molecule has 2 saturated heterocycles. The molecule has 0 saturated carbocycles. The van der Waals surface area contributed by atoms with Crippen LogP contribution in [0.2, 0.25) is 0 Å². The lowest BCUT2D eigenvalue weighted by atomic mass is 10.0. The second-order valence-corrected chi connectivity index (χ2v) is 10.5. The number of piperidine rings is 1. The van der Waals surface area contributed by atoms with Crippen LogP contribution < -0.4 is 15.0 Å². The molecule has 0 radical (unpaired) electrons. The van der Waals surface area contributed by atoms with Crippen LogP contribution >= 0.6 is 0 Å². The minimum absolute atomic E-state index is 0.170. The number of hydrogen-bond acceptors (Lipinski definition) is 9. The number of piperazine rings is 1. The van der Waals surface area contributed by atoms with Gasteiger partial charge in [-0.1, -0.05) is 30.3 Å². The topological polar surface area (TPSA) is 117 Å². The Morgan fingerprint density at radius 3 is 2.56 bits per heavy atom. The van der Waals surface area contributed by atoms with E-state index in [1.54, 1.807) is 24.7 Å². The molecular weight excluding hydrogens is 524 g/mol. The predicted molar refractivity (Wildman–Crippen MR) is 149 cm³/mol. The molecule has 3 aromatic rings. The zero-order valence-electron chi connectivity index (χ0n) is 22.9. The molecule has 1 N–H and O–H groups in total. The Labute approximate surface area is 238 Å². The first-order valence-electron chi connectivity index (χ1n) is 13.9. The van der Waals surface area contributed by atoms with Gasteiger partial charge in [0, 0.05) is 50.4 Å². The summed E-state index contributed by atoms with van der Waals surface area (Å²) in [6.45, 7) is 6.52. The number of imide groups is 1. The predicted octanol–water partition coefficient (Wildman–Crippen LogP) is 2.63. The number of amides is 3. The number of fused-ring (bicyclic) bond motifs is 1. The molecule has 2 fully saturated rings. The molecule has 2 aromatic carbocycles. The van der Waals surface area contributed by atoms with Crippen molar-refractivity contribution < 1.29 is 24.0 Å². The minimum atomic E-state index is -0.876. The quantitative estimate of drug-likeness (QED) is 0.418. The number of benzene rings is 2. The van der Waals surface area contributed by atoms with Crippen LogP contribution in [0.25, 0.3) is 0 Å². The standard InChI is InChI=1S/C30H32N6O5/c1-20(34-13-15-35(16-14-34)27-11-12-31-19-32-27)22-7-5-21(6-8-22)18-40-25-4-2-3-23-24(25)17-36(30(23)39)41-26-9-10-28(37)33-29(26)38/h2-8,11-12,19-20,26H,9-10,13-18H2,1H3,(H,33,37,38)/t20-,26?/m1/s1. The van der Waals surface area contributed by atoms with Crippen molar-refractivity contribution in [1.82, 2.24) is 25.2 Å². The number of hydroxylamine groups is 2. The molecule has 6 rings (SSSR count). The smallest absolute Gasteiger partial charge is 0.278 e. The molecule has 3 amide bonds. The van der Waals surface area contributed by atoms with Gasteiger partial charge in [0.1, 0.15) is 24.5 Å². The molecule has 212 valence electrons. The summed E-state index contributed by atoms with van der Waals surface area (Å²) in [5.41, 5.74) is 3.47. The van der Waals surface area contributed by atoms with Crippen LogP contribution in [0.3, 0.4) is 0 Å². The van der Waals surface area contributed by atoms with Crippen molar-refractivity contribution in [2.24, 2.45) is 0 Å². The van der Waals surface area contributed by atoms with Gasteiger partial charge in [0.05, 0.1) is 12.1 Å². The molecule has 3 aliphatic rings. The number of hydrogen-bond donors (Lipinski definition) is 1. The van der Waals surface area contributed by atoms with Crippen LogP contribution in [0.4, 0.5) is 5.82 Å². The highest BCUT2D eigenvalue weighted by Gasteiger charge is 2.36. The van der Waals surface area contributed by atoms with Crippen LogP contribution in [0.5, 0.6) is 5.75 Å². The number of ether oxygens (including phenoxy) is 1. The second-order valence-electron chi connectivity index (χ2n) is 10.5. The van der Waals surface area contributed by atoms with Gasteiger partial charge in [0.15, 0.2) is 6.10 Å². The largest absolute Gasteiger partial charge is 0.489 e. The average molecular weight is 557 g/mol. The lowest BCUT2D eigenvalue weighted by Crippen LogP contribution is -2.47. The number of nitrogens with one attached hydrogen (secondary N) is 1. The highest BCUT2D eigenvalue weighted by Crippen LogP contribution is 2.33. The Morgan fingerprint density at radius 2 is 1.83 bits per heavy atom. The Balaban J connectivity index is 1.03. The summed E-state index contributed by atoms with van der Waals surface area (Å²) >= 11 is 0. The normalized spacial score (nSPS) is 20.1. The van der Waals surface area contributed by atoms with Gasteiger partial charge in [-0.2, -0.15) is 0 Å². The Hall–Kier alpha value is -4.35. The molecule has 4 heterocycles. The van der Waals surface area contributed by atoms with E-state index in [0.29, 0.717) is 17.9 Å². The van der Waals surface area contributed by atoms with Gasteiger partial charge in [0.25, 0.3) is 11.8 Å². The summed E-state index contributed by atoms with van der Waals surface area (Å²) in [6, 6.07) is 16.0. The fraction of sp³-hybridized carbons (Fsp3) is 0.367. The minimum Gasteiger partial charge on any atom is -0.489 e. The van der Waals surface area contributed by atoms with Crippen molar-refractivity contribution in [2.45, 2.75) is 45.1 Å². The van der Waals surface area contributed by atoms with Gasteiger partial charge in [-0.3, -0.25) is 29.4 Å². The highest BCUT2D eigenvalue weighted by molar-refractivity contribution is 6.00. The van der Waals surface area contributed by atoms with E-state index in [1.165, 1.54) is 10.6 Å². The molecular formula is C30H32N6O5. The van der Waals surface area contributed by atoms with Gasteiger partial charge in [-0.15, -0.1) is 0 Å². The molecule has 11 nitrogen and oxygen atoms in total. The van der Waals surface area contributed by atoms with Gasteiger partial charge in [-0.25, -0.2) is 15.0 Å². The zero-order chi connectivity index (χ0) is 28.3. The Bertz CT molecular complexity index is 1430. The molecule has 11 heteroatoms. The fourth-order valence-electron chi connectivity index (χ4n) is 5.50. The van der Waals surface area contributed by atoms with E-state index in [0.717, 1.165) is 43.1 Å². The summed E-state index contributed by atoms with van der Waals surface area (Å²) in [7, 11) is 0. The number of aromatic nitrogens is 2. The summed E-state index contributed by atoms with van der Waals surface area (Å²) in [5, 5.41) is 3.43. The highest BCUT2D eigenvalue weighted by atomic mass is 16.7. The van der Waals surface area contributed by atoms with Crippen molar-refractivity contribution >= 4 is 23.5 Å². The van der Waals surface area contributed by atoms with E-state index in [9.17, 15) is 14.4 Å². The maximum atomic E-state index is 12.9. The van der Waals surface area contributed by atoms with Crippen LogP contribution in [-0.4, -0.2) is 69.9 Å². The van der Waals surface area contributed by atoms with Gasteiger partial charge >= 0.3 is 0 Å². The molecule has 0 aliphatic carbocycles. The third-order valence-corrected chi connectivity index (χ3v) is 7.94. The van der Waals surface area contributed by atoms with Crippen molar-refractivity contribution in [3.8, 4) is 5.75 Å². The lowest BCUT2D eigenvalue weighted by Gasteiger charge is -2.38. The average Bonchev–Trinajstić information content (AvgIpc) is 3.33. The van der Waals surface area contributed by atoms with Crippen LogP contribution in [-0.2, 0) is 27.6 Å². The molecule has 2 atom stereocenters. The first-order chi connectivity index (χ1) is 20.0. The molecule has 41 heavy (non-hydrogen) atoms. The molecule has 0 spiro atoms. The maximum Gasteiger partial charge on any atom is 0.278 e. The zero-order valence-corrected chi connectivity index (χ0v) is 22.9. The van der Waals surface area contributed by atoms with Crippen LogP contribution in [0.1, 0.15) is 52.9 Å². The van der Waals surface area contributed by atoms with E-state index in [1.807, 2.05) is 12.1 Å². The molecule has 1 aromatic heterocycles. The number of nitrogens with zero attached hydrogens (tertiary/aromatic N) is 5. The number of carbonyl (C=O) groups is 3. The number of anilines is 1. The molecule has 3 aliphatic heterocycles. The van der Waals surface area contributed by atoms with Crippen molar-refractivity contribution in [1.29, 1.82) is 0 Å². The number of carbonyl (C=O) groups excluding carboxylic acids is 3.